The quantitative estimate of drug-likeness (QED) is 0.289. The Bertz CT molecular complexity index is 736. The zero-order valence-corrected chi connectivity index (χ0v) is 18.2. The van der Waals surface area contributed by atoms with Gasteiger partial charge in [0.2, 0.25) is 5.91 Å². The summed E-state index contributed by atoms with van der Waals surface area (Å²) in [4.78, 5) is 35.0. The summed E-state index contributed by atoms with van der Waals surface area (Å²) in [5, 5.41) is 10.8. The van der Waals surface area contributed by atoms with E-state index in [0.29, 0.717) is 38.6 Å². The van der Waals surface area contributed by atoms with Crippen molar-refractivity contribution in [3.05, 3.63) is 35.9 Å². The van der Waals surface area contributed by atoms with Gasteiger partial charge < -0.3 is 21.1 Å². The summed E-state index contributed by atoms with van der Waals surface area (Å²) < 4.78 is 18.6. The zero-order chi connectivity index (χ0) is 22.0. The number of hydrogen-bond donors (Lipinski definition) is 4. The fourth-order valence-corrected chi connectivity index (χ4v) is 5.70. The molecule has 9 heteroatoms. The van der Waals surface area contributed by atoms with Crippen molar-refractivity contribution in [3.8, 4) is 0 Å². The van der Waals surface area contributed by atoms with Crippen molar-refractivity contribution < 1.29 is 28.7 Å². The van der Waals surface area contributed by atoms with E-state index < -0.39 is 24.9 Å². The van der Waals surface area contributed by atoms with Crippen LogP contribution in [-0.2, 0) is 25.1 Å². The molecule has 0 aliphatic heterocycles. The topological polar surface area (TPSA) is 139 Å². The second kappa shape index (κ2) is 11.6. The normalized spacial score (nSPS) is 18.9. The molecular formula is C21H33N2O6P. The molecule has 2 atom stereocenters. The summed E-state index contributed by atoms with van der Waals surface area (Å²) in [7, 11) is -4.45. The van der Waals surface area contributed by atoms with E-state index in [2.05, 4.69) is 5.32 Å². The van der Waals surface area contributed by atoms with E-state index in [1.54, 1.807) is 0 Å². The molecule has 2 rings (SSSR count). The third-order valence-corrected chi connectivity index (χ3v) is 7.72. The highest BCUT2D eigenvalue weighted by molar-refractivity contribution is 7.54. The Morgan fingerprint density at radius 1 is 1.17 bits per heavy atom. The van der Waals surface area contributed by atoms with Gasteiger partial charge >= 0.3 is 13.6 Å². The van der Waals surface area contributed by atoms with Crippen molar-refractivity contribution in [1.29, 1.82) is 0 Å². The molecule has 0 spiro atoms. The number of carboxylic acid groups (broad SMARTS) is 1. The summed E-state index contributed by atoms with van der Waals surface area (Å²) in [6, 6.07) is 9.52. The number of nitrogens with two attached hydrogens (primary N) is 1. The predicted octanol–water partition coefficient (Wildman–Crippen LogP) is 3.18. The maximum absolute atomic E-state index is 13.3. The average Bonchev–Trinajstić information content (AvgIpc) is 2.73. The number of carbonyl (C=O) groups is 2. The lowest BCUT2D eigenvalue weighted by Gasteiger charge is -2.40. The molecule has 0 saturated heterocycles. The molecule has 0 heterocycles. The first kappa shape index (κ1) is 24.5. The Kier molecular flexibility index (Phi) is 9.49. The summed E-state index contributed by atoms with van der Waals surface area (Å²) in [5.74, 6) is -1.63. The number of unbranched alkanes of at least 4 members (excludes halogenated alkanes) is 1. The predicted molar refractivity (Wildman–Crippen MR) is 114 cm³/mol. The van der Waals surface area contributed by atoms with Crippen molar-refractivity contribution in [2.45, 2.75) is 75.6 Å². The minimum Gasteiger partial charge on any atom is -0.479 e. The molecule has 1 amide bonds. The van der Waals surface area contributed by atoms with Crippen molar-refractivity contribution in [3.63, 3.8) is 0 Å². The van der Waals surface area contributed by atoms with Gasteiger partial charge in [-0.1, -0.05) is 49.6 Å². The fraction of sp³-hybridized carbons (Fsp3) is 0.619. The molecule has 1 aliphatic carbocycles. The van der Waals surface area contributed by atoms with Crippen LogP contribution in [-0.4, -0.2) is 39.8 Å². The van der Waals surface area contributed by atoms with Crippen LogP contribution in [0.25, 0.3) is 0 Å². The van der Waals surface area contributed by atoms with E-state index in [1.807, 2.05) is 30.3 Å². The number of carboxylic acids is 1. The van der Waals surface area contributed by atoms with Crippen LogP contribution in [0.15, 0.2) is 30.3 Å². The van der Waals surface area contributed by atoms with Gasteiger partial charge in [-0.25, -0.2) is 4.79 Å². The standard InChI is InChI=1S/C21H33N2O6P/c22-16-8-5-11-18(20(25)26)29-30(27,28)21(14-6-2-7-15-21)23-19(24)13-12-17-9-3-1-4-10-17/h1,3-4,9-10,18H,2,5-8,11-16,22H2,(H,23,24)(H,25,26)(H,27,28). The zero-order valence-electron chi connectivity index (χ0n) is 17.3. The monoisotopic (exact) mass is 440 g/mol. The second-order valence-electron chi connectivity index (χ2n) is 7.86. The number of rotatable bonds is 12. The largest absolute Gasteiger partial charge is 0.479 e. The number of hydrogen-bond acceptors (Lipinski definition) is 5. The molecule has 1 saturated carbocycles. The minimum absolute atomic E-state index is 0.0924. The van der Waals surface area contributed by atoms with Gasteiger partial charge in [0.1, 0.15) is 5.28 Å². The highest BCUT2D eigenvalue weighted by atomic mass is 31.2. The molecule has 2 unspecified atom stereocenters. The lowest BCUT2D eigenvalue weighted by Crippen LogP contribution is -2.50. The molecule has 0 radical (unpaired) electrons. The van der Waals surface area contributed by atoms with Gasteiger partial charge in [-0.05, 0) is 50.6 Å². The van der Waals surface area contributed by atoms with Crippen molar-refractivity contribution in [2.75, 3.05) is 6.54 Å². The first-order valence-corrected chi connectivity index (χ1v) is 12.2. The number of aryl methyl sites for hydroxylation is 1. The SMILES string of the molecule is NCCCCC(OP(=O)(O)C1(NC(=O)CCc2ccccc2)CCCCC1)C(=O)O. The first-order valence-electron chi connectivity index (χ1n) is 10.6. The van der Waals surface area contributed by atoms with Crippen LogP contribution in [0.5, 0.6) is 0 Å². The van der Waals surface area contributed by atoms with Crippen LogP contribution in [0, 0.1) is 0 Å². The molecular weight excluding hydrogens is 407 g/mol. The summed E-state index contributed by atoms with van der Waals surface area (Å²) in [6.45, 7) is 0.407. The molecule has 8 nitrogen and oxygen atoms in total. The van der Waals surface area contributed by atoms with E-state index >= 15 is 0 Å². The minimum atomic E-state index is -4.45. The highest BCUT2D eigenvalue weighted by Crippen LogP contribution is 2.60. The van der Waals surface area contributed by atoms with Crippen molar-refractivity contribution in [2.24, 2.45) is 5.73 Å². The van der Waals surface area contributed by atoms with E-state index in [9.17, 15) is 24.2 Å². The van der Waals surface area contributed by atoms with Gasteiger partial charge in [-0.15, -0.1) is 0 Å². The molecule has 1 aliphatic rings. The van der Waals surface area contributed by atoms with Crippen LogP contribution >= 0.6 is 7.60 Å². The van der Waals surface area contributed by atoms with Crippen LogP contribution < -0.4 is 11.1 Å². The Hall–Kier alpha value is -1.73. The highest BCUT2D eigenvalue weighted by Gasteiger charge is 2.52. The molecule has 168 valence electrons. The van der Waals surface area contributed by atoms with Gasteiger partial charge in [0.05, 0.1) is 0 Å². The van der Waals surface area contributed by atoms with E-state index in [-0.39, 0.29) is 31.6 Å². The number of benzene rings is 1. The maximum atomic E-state index is 13.3. The summed E-state index contributed by atoms with van der Waals surface area (Å²) >= 11 is 0. The molecule has 1 fully saturated rings. The second-order valence-corrected chi connectivity index (χ2v) is 9.97. The Morgan fingerprint density at radius 2 is 1.83 bits per heavy atom. The Balaban J connectivity index is 2.09. The van der Waals surface area contributed by atoms with E-state index in [1.165, 1.54) is 0 Å². The number of carbonyl (C=O) groups excluding carboxylic acids is 1. The van der Waals surface area contributed by atoms with Gasteiger partial charge in [-0.2, -0.15) is 0 Å². The third kappa shape index (κ3) is 6.91. The summed E-state index contributed by atoms with van der Waals surface area (Å²) in [5.41, 5.74) is 6.44. The van der Waals surface area contributed by atoms with Crippen LogP contribution in [0.1, 0.15) is 63.4 Å². The molecule has 1 aromatic rings. The Morgan fingerprint density at radius 3 is 2.43 bits per heavy atom. The van der Waals surface area contributed by atoms with Gasteiger partial charge in [0.15, 0.2) is 6.10 Å². The maximum Gasteiger partial charge on any atom is 0.354 e. The molecule has 5 N–H and O–H groups in total. The van der Waals surface area contributed by atoms with E-state index in [4.69, 9.17) is 10.3 Å². The van der Waals surface area contributed by atoms with E-state index in [0.717, 1.165) is 12.0 Å². The third-order valence-electron chi connectivity index (χ3n) is 5.54. The molecule has 30 heavy (non-hydrogen) atoms. The summed E-state index contributed by atoms with van der Waals surface area (Å²) in [6.07, 6.45) is 3.23. The van der Waals surface area contributed by atoms with Gasteiger partial charge in [0, 0.05) is 6.42 Å². The van der Waals surface area contributed by atoms with Crippen molar-refractivity contribution >= 4 is 19.5 Å². The molecule has 0 bridgehead atoms. The lowest BCUT2D eigenvalue weighted by atomic mass is 9.94. The van der Waals surface area contributed by atoms with Crippen LogP contribution in [0.2, 0.25) is 0 Å². The fourth-order valence-electron chi connectivity index (χ4n) is 3.81. The molecule has 1 aromatic carbocycles. The van der Waals surface area contributed by atoms with Crippen molar-refractivity contribution in [1.82, 2.24) is 5.32 Å². The number of aliphatic carboxylic acids is 1. The van der Waals surface area contributed by atoms with Gasteiger partial charge in [-0.3, -0.25) is 13.9 Å². The molecule has 0 aromatic heterocycles. The number of nitrogens with one attached hydrogen (secondary N) is 1. The smallest absolute Gasteiger partial charge is 0.354 e. The van der Waals surface area contributed by atoms with Crippen LogP contribution in [0.4, 0.5) is 0 Å². The average molecular weight is 440 g/mol. The van der Waals surface area contributed by atoms with Crippen LogP contribution in [0.3, 0.4) is 0 Å². The number of amides is 1. The van der Waals surface area contributed by atoms with Gasteiger partial charge in [0.25, 0.3) is 0 Å². The lowest BCUT2D eigenvalue weighted by molar-refractivity contribution is -0.146. The Labute approximate surface area is 177 Å². The first-order chi connectivity index (χ1) is 14.3.